The lowest BCUT2D eigenvalue weighted by Crippen LogP contribution is -2.47. The van der Waals surface area contributed by atoms with E-state index in [4.69, 9.17) is 18.9 Å². The number of hydrogen-bond acceptors (Lipinski definition) is 7. The summed E-state index contributed by atoms with van der Waals surface area (Å²) in [4.78, 5) is 32.8. The molecule has 1 heterocycles. The van der Waals surface area contributed by atoms with Crippen LogP contribution in [-0.2, 0) is 33.3 Å². The molecule has 0 radical (unpaired) electrons. The molecule has 0 saturated carbocycles. The smallest absolute Gasteiger partial charge is 0.305 e. The molecule has 100 valence electrons. The fourth-order valence-electron chi connectivity index (χ4n) is 1.41. The number of esters is 3. The molecule has 0 spiro atoms. The fourth-order valence-corrected chi connectivity index (χ4v) is 1.41. The van der Waals surface area contributed by atoms with E-state index in [0.717, 1.165) is 0 Å². The second-order valence-electron chi connectivity index (χ2n) is 3.59. The van der Waals surface area contributed by atoms with Crippen molar-refractivity contribution in [1.29, 1.82) is 0 Å². The molecule has 0 N–H and O–H groups in total. The third kappa shape index (κ3) is 4.08. The molecule has 0 fully saturated rings. The summed E-state index contributed by atoms with van der Waals surface area (Å²) in [5.41, 5.74) is 0. The zero-order valence-corrected chi connectivity index (χ0v) is 10.2. The number of ether oxygens (including phenoxy) is 4. The number of hydrogen-bond donors (Lipinski definition) is 0. The first-order chi connectivity index (χ1) is 8.40. The molecule has 7 nitrogen and oxygen atoms in total. The lowest BCUT2D eigenvalue weighted by molar-refractivity contribution is -0.217. The van der Waals surface area contributed by atoms with Gasteiger partial charge < -0.3 is 18.9 Å². The van der Waals surface area contributed by atoms with Crippen molar-refractivity contribution in [2.75, 3.05) is 0 Å². The van der Waals surface area contributed by atoms with Crippen molar-refractivity contribution in [3.05, 3.63) is 12.3 Å². The molecular weight excluding hydrogens is 244 g/mol. The van der Waals surface area contributed by atoms with Crippen LogP contribution in [0.3, 0.4) is 0 Å². The Morgan fingerprint density at radius 1 is 0.944 bits per heavy atom. The highest BCUT2D eigenvalue weighted by Crippen LogP contribution is 2.20. The van der Waals surface area contributed by atoms with E-state index in [2.05, 4.69) is 0 Å². The summed E-state index contributed by atoms with van der Waals surface area (Å²) in [7, 11) is 0. The molecule has 3 atom stereocenters. The molecule has 0 saturated heterocycles. The Kier molecular flexibility index (Phi) is 4.70. The lowest BCUT2D eigenvalue weighted by Gasteiger charge is -2.32. The Morgan fingerprint density at radius 2 is 1.50 bits per heavy atom. The third-order valence-corrected chi connectivity index (χ3v) is 1.96. The van der Waals surface area contributed by atoms with Gasteiger partial charge in [-0.25, -0.2) is 0 Å². The highest BCUT2D eigenvalue weighted by atomic mass is 16.7. The second kappa shape index (κ2) is 6.04. The van der Waals surface area contributed by atoms with E-state index in [0.29, 0.717) is 0 Å². The van der Waals surface area contributed by atoms with Gasteiger partial charge in [0.2, 0.25) is 6.10 Å². The minimum atomic E-state index is -1.14. The van der Waals surface area contributed by atoms with Crippen LogP contribution in [0.4, 0.5) is 0 Å². The van der Waals surface area contributed by atoms with Gasteiger partial charge in [0.05, 0.1) is 6.26 Å². The molecule has 1 rings (SSSR count). The summed E-state index contributed by atoms with van der Waals surface area (Å²) in [6, 6.07) is 0. The maximum atomic E-state index is 11.0. The quantitative estimate of drug-likeness (QED) is 0.530. The van der Waals surface area contributed by atoms with Gasteiger partial charge in [0.1, 0.15) is 0 Å². The molecule has 1 aliphatic rings. The van der Waals surface area contributed by atoms with E-state index in [-0.39, 0.29) is 0 Å². The van der Waals surface area contributed by atoms with Crippen LogP contribution in [0.2, 0.25) is 0 Å². The van der Waals surface area contributed by atoms with Gasteiger partial charge in [-0.15, -0.1) is 0 Å². The first kappa shape index (κ1) is 14.0. The molecule has 0 aromatic rings. The summed E-state index contributed by atoms with van der Waals surface area (Å²) in [6.45, 7) is 3.59. The predicted molar refractivity (Wildman–Crippen MR) is 56.9 cm³/mol. The van der Waals surface area contributed by atoms with Gasteiger partial charge >= 0.3 is 17.9 Å². The molecular formula is C11H14O7. The molecule has 0 aliphatic carbocycles. The first-order valence-corrected chi connectivity index (χ1v) is 5.24. The van der Waals surface area contributed by atoms with Crippen LogP contribution in [0.1, 0.15) is 20.8 Å². The van der Waals surface area contributed by atoms with Gasteiger partial charge in [-0.05, 0) is 6.08 Å². The van der Waals surface area contributed by atoms with E-state index in [1.165, 1.54) is 33.1 Å². The Labute approximate surface area is 104 Å². The van der Waals surface area contributed by atoms with Crippen molar-refractivity contribution >= 4 is 17.9 Å². The Hall–Kier alpha value is -2.05. The van der Waals surface area contributed by atoms with Crippen LogP contribution in [0.15, 0.2) is 12.3 Å². The third-order valence-electron chi connectivity index (χ3n) is 1.96. The summed E-state index contributed by atoms with van der Waals surface area (Å²) in [6.07, 6.45) is -0.401. The number of carbonyl (C=O) groups excluding carboxylic acids is 3. The zero-order valence-electron chi connectivity index (χ0n) is 10.2. The topological polar surface area (TPSA) is 88.1 Å². The van der Waals surface area contributed by atoms with Crippen molar-refractivity contribution in [1.82, 2.24) is 0 Å². The molecule has 0 bridgehead atoms. The summed E-state index contributed by atoms with van der Waals surface area (Å²) >= 11 is 0. The minimum Gasteiger partial charge on any atom is -0.459 e. The average Bonchev–Trinajstić information content (AvgIpc) is 2.20. The van der Waals surface area contributed by atoms with Crippen molar-refractivity contribution in [3.63, 3.8) is 0 Å². The lowest BCUT2D eigenvalue weighted by atomic mass is 10.1. The standard InChI is InChI=1S/C11H14O7/c1-6(12)16-9-4-5-15-11(18-8(3)14)10(9)17-7(2)13/h4-5,9-11H,1-3H3. The normalized spacial score (nSPS) is 25.8. The molecule has 0 aromatic heterocycles. The van der Waals surface area contributed by atoms with Crippen molar-refractivity contribution < 1.29 is 33.3 Å². The van der Waals surface area contributed by atoms with Gasteiger partial charge in [0, 0.05) is 20.8 Å². The van der Waals surface area contributed by atoms with Crippen LogP contribution < -0.4 is 0 Å². The average molecular weight is 258 g/mol. The summed E-state index contributed by atoms with van der Waals surface area (Å²) in [5.74, 6) is -1.76. The second-order valence-corrected chi connectivity index (χ2v) is 3.59. The first-order valence-electron chi connectivity index (χ1n) is 5.24. The van der Waals surface area contributed by atoms with Crippen LogP contribution in [0.5, 0.6) is 0 Å². The molecule has 7 heteroatoms. The Morgan fingerprint density at radius 3 is 2.00 bits per heavy atom. The highest BCUT2D eigenvalue weighted by Gasteiger charge is 2.39. The Balaban J connectivity index is 2.84. The molecule has 0 amide bonds. The van der Waals surface area contributed by atoms with E-state index in [1.807, 2.05) is 0 Å². The van der Waals surface area contributed by atoms with Gasteiger partial charge in [-0.2, -0.15) is 0 Å². The van der Waals surface area contributed by atoms with Crippen LogP contribution >= 0.6 is 0 Å². The van der Waals surface area contributed by atoms with Crippen molar-refractivity contribution in [3.8, 4) is 0 Å². The largest absolute Gasteiger partial charge is 0.459 e. The van der Waals surface area contributed by atoms with Crippen molar-refractivity contribution in [2.24, 2.45) is 0 Å². The van der Waals surface area contributed by atoms with Gasteiger partial charge in [-0.3, -0.25) is 14.4 Å². The maximum Gasteiger partial charge on any atom is 0.305 e. The van der Waals surface area contributed by atoms with Crippen LogP contribution in [-0.4, -0.2) is 36.4 Å². The maximum absolute atomic E-state index is 11.0. The fraction of sp³-hybridized carbons (Fsp3) is 0.545. The highest BCUT2D eigenvalue weighted by molar-refractivity contribution is 5.68. The summed E-state index contributed by atoms with van der Waals surface area (Å²) in [5, 5.41) is 0. The van der Waals surface area contributed by atoms with E-state index in [9.17, 15) is 14.4 Å². The number of carbonyl (C=O) groups is 3. The SMILES string of the molecule is CC(=O)OC1C=COC(OC(C)=O)C1OC(C)=O. The van der Waals surface area contributed by atoms with Crippen molar-refractivity contribution in [2.45, 2.75) is 39.3 Å². The molecule has 3 unspecified atom stereocenters. The van der Waals surface area contributed by atoms with Gasteiger partial charge in [0.25, 0.3) is 6.29 Å². The van der Waals surface area contributed by atoms with Crippen LogP contribution in [0.25, 0.3) is 0 Å². The molecule has 1 aliphatic heterocycles. The van der Waals surface area contributed by atoms with E-state index >= 15 is 0 Å². The van der Waals surface area contributed by atoms with E-state index < -0.39 is 36.4 Å². The zero-order chi connectivity index (χ0) is 13.7. The van der Waals surface area contributed by atoms with Gasteiger partial charge in [0.15, 0.2) is 6.10 Å². The molecule has 18 heavy (non-hydrogen) atoms. The van der Waals surface area contributed by atoms with E-state index in [1.54, 1.807) is 0 Å². The molecule has 0 aromatic carbocycles. The Bertz CT molecular complexity index is 374. The monoisotopic (exact) mass is 258 g/mol. The van der Waals surface area contributed by atoms with Gasteiger partial charge in [-0.1, -0.05) is 0 Å². The minimum absolute atomic E-state index is 0.551. The summed E-state index contributed by atoms with van der Waals surface area (Å²) < 4.78 is 19.7. The number of rotatable bonds is 3. The van der Waals surface area contributed by atoms with Crippen LogP contribution in [0, 0.1) is 0 Å². The predicted octanol–water partition coefficient (Wildman–Crippen LogP) is 0.283.